The number of benzene rings is 1. The lowest BCUT2D eigenvalue weighted by molar-refractivity contribution is -0.154. The summed E-state index contributed by atoms with van der Waals surface area (Å²) < 4.78 is 10.6. The highest BCUT2D eigenvalue weighted by Crippen LogP contribution is 2.30. The van der Waals surface area contributed by atoms with E-state index in [0.717, 1.165) is 5.56 Å². The van der Waals surface area contributed by atoms with Crippen molar-refractivity contribution in [1.82, 2.24) is 15.1 Å². The number of piperazine rings is 1. The van der Waals surface area contributed by atoms with E-state index in [1.165, 1.54) is 6.92 Å². The Labute approximate surface area is 183 Å². The molecule has 170 valence electrons. The second-order valence-electron chi connectivity index (χ2n) is 8.87. The first-order chi connectivity index (χ1) is 14.7. The summed E-state index contributed by atoms with van der Waals surface area (Å²) in [5.74, 6) is 1.31. The summed E-state index contributed by atoms with van der Waals surface area (Å²) in [6.45, 7) is 6.59. The highest BCUT2D eigenvalue weighted by Gasteiger charge is 2.46. The number of methoxy groups -OCH3 is 2. The van der Waals surface area contributed by atoms with Crippen LogP contribution in [0.25, 0.3) is 0 Å². The molecule has 2 saturated heterocycles. The summed E-state index contributed by atoms with van der Waals surface area (Å²) in [6.07, 6.45) is 1.44. The van der Waals surface area contributed by atoms with E-state index in [4.69, 9.17) is 9.47 Å². The minimum absolute atomic E-state index is 0.0191. The van der Waals surface area contributed by atoms with Gasteiger partial charge in [0.1, 0.15) is 17.5 Å². The third-order valence-corrected chi connectivity index (χ3v) is 5.96. The molecule has 3 rings (SSSR count). The Morgan fingerprint density at radius 1 is 1.13 bits per heavy atom. The van der Waals surface area contributed by atoms with Gasteiger partial charge in [0.25, 0.3) is 0 Å². The van der Waals surface area contributed by atoms with Gasteiger partial charge in [-0.25, -0.2) is 0 Å². The lowest BCUT2D eigenvalue weighted by Gasteiger charge is -2.43. The molecule has 0 aromatic heterocycles. The first-order valence-electron chi connectivity index (χ1n) is 10.8. The molecule has 0 radical (unpaired) electrons. The van der Waals surface area contributed by atoms with Crippen LogP contribution in [0.15, 0.2) is 18.2 Å². The maximum atomic E-state index is 13.4. The third-order valence-electron chi connectivity index (χ3n) is 5.96. The normalized spacial score (nSPS) is 23.0. The zero-order valence-electron chi connectivity index (χ0n) is 19.0. The Bertz CT molecular complexity index is 818. The molecule has 1 aromatic carbocycles. The van der Waals surface area contributed by atoms with Gasteiger partial charge >= 0.3 is 0 Å². The van der Waals surface area contributed by atoms with E-state index in [0.29, 0.717) is 37.4 Å². The van der Waals surface area contributed by atoms with Crippen molar-refractivity contribution in [1.29, 1.82) is 0 Å². The molecule has 8 nitrogen and oxygen atoms in total. The van der Waals surface area contributed by atoms with Crippen molar-refractivity contribution >= 4 is 17.7 Å². The number of amides is 3. The number of carbonyl (C=O) groups excluding carboxylic acids is 3. The fraction of sp³-hybridized carbons (Fsp3) is 0.609. The lowest BCUT2D eigenvalue weighted by atomic mass is 9.96. The molecule has 0 bridgehead atoms. The van der Waals surface area contributed by atoms with Crippen LogP contribution in [0.4, 0.5) is 0 Å². The largest absolute Gasteiger partial charge is 0.497 e. The van der Waals surface area contributed by atoms with Crippen molar-refractivity contribution < 1.29 is 23.9 Å². The average molecular weight is 432 g/mol. The number of hydrogen-bond acceptors (Lipinski definition) is 5. The van der Waals surface area contributed by atoms with Gasteiger partial charge in [0.15, 0.2) is 0 Å². The van der Waals surface area contributed by atoms with Gasteiger partial charge < -0.3 is 24.6 Å². The van der Waals surface area contributed by atoms with Crippen molar-refractivity contribution in [3.05, 3.63) is 23.8 Å². The molecule has 8 heteroatoms. The van der Waals surface area contributed by atoms with Gasteiger partial charge in [-0.05, 0) is 36.5 Å². The van der Waals surface area contributed by atoms with Gasteiger partial charge in [-0.3, -0.25) is 14.4 Å². The molecule has 2 heterocycles. The summed E-state index contributed by atoms with van der Waals surface area (Å²) in [5, 5.41) is 2.92. The number of hydrogen-bond donors (Lipinski definition) is 1. The number of rotatable bonds is 7. The average Bonchev–Trinajstić information content (AvgIpc) is 3.11. The molecule has 0 saturated carbocycles. The van der Waals surface area contributed by atoms with E-state index in [1.807, 2.05) is 17.0 Å². The highest BCUT2D eigenvalue weighted by atomic mass is 16.5. The predicted octanol–water partition coefficient (Wildman–Crippen LogP) is 1.61. The zero-order chi connectivity index (χ0) is 22.7. The molecule has 2 aliphatic rings. The van der Waals surface area contributed by atoms with Crippen LogP contribution >= 0.6 is 0 Å². The fourth-order valence-electron chi connectivity index (χ4n) is 4.63. The van der Waals surface area contributed by atoms with E-state index in [9.17, 15) is 14.4 Å². The first kappa shape index (κ1) is 22.9. The standard InChI is InChI=1S/C23H33N3O5/c1-14(2)6-21-23(29)25-12-17(24-15(3)27)10-18(25)13-26(21)22(28)9-16-7-19(30-4)11-20(8-16)31-5/h7-8,11,14,17-18,21H,6,9-10,12-13H2,1-5H3,(H,24,27)/t17-,18-,21-/m0/s1. The second kappa shape index (κ2) is 9.58. The van der Waals surface area contributed by atoms with Crippen LogP contribution in [0.5, 0.6) is 11.5 Å². The molecule has 3 amide bonds. The van der Waals surface area contributed by atoms with Crippen LogP contribution < -0.4 is 14.8 Å². The number of carbonyl (C=O) groups is 3. The first-order valence-corrected chi connectivity index (χ1v) is 10.8. The molecule has 1 N–H and O–H groups in total. The monoisotopic (exact) mass is 431 g/mol. The van der Waals surface area contributed by atoms with E-state index < -0.39 is 6.04 Å². The van der Waals surface area contributed by atoms with Gasteiger partial charge in [-0.15, -0.1) is 0 Å². The van der Waals surface area contributed by atoms with Gasteiger partial charge in [0.05, 0.1) is 26.7 Å². The topological polar surface area (TPSA) is 88.2 Å². The van der Waals surface area contributed by atoms with Gasteiger partial charge in [0, 0.05) is 32.1 Å². The Morgan fingerprint density at radius 3 is 2.32 bits per heavy atom. The molecular weight excluding hydrogens is 398 g/mol. The number of fused-ring (bicyclic) bond motifs is 1. The number of nitrogens with zero attached hydrogens (tertiary/aromatic N) is 2. The van der Waals surface area contributed by atoms with E-state index >= 15 is 0 Å². The van der Waals surface area contributed by atoms with Crippen LogP contribution in [0.3, 0.4) is 0 Å². The molecule has 3 atom stereocenters. The van der Waals surface area contributed by atoms with E-state index in [1.54, 1.807) is 25.2 Å². The van der Waals surface area contributed by atoms with Gasteiger partial charge in [-0.2, -0.15) is 0 Å². The zero-order valence-corrected chi connectivity index (χ0v) is 19.0. The van der Waals surface area contributed by atoms with Crippen LogP contribution in [0.2, 0.25) is 0 Å². The van der Waals surface area contributed by atoms with E-state index in [2.05, 4.69) is 19.2 Å². The number of nitrogens with one attached hydrogen (secondary N) is 1. The highest BCUT2D eigenvalue weighted by molar-refractivity contribution is 5.90. The van der Waals surface area contributed by atoms with Crippen molar-refractivity contribution in [2.45, 2.75) is 58.2 Å². The molecular formula is C23H33N3O5. The summed E-state index contributed by atoms with van der Waals surface area (Å²) in [5.41, 5.74) is 0.780. The lowest BCUT2D eigenvalue weighted by Crippen LogP contribution is -2.61. The maximum absolute atomic E-state index is 13.4. The molecule has 31 heavy (non-hydrogen) atoms. The quantitative estimate of drug-likeness (QED) is 0.709. The van der Waals surface area contributed by atoms with Gasteiger partial charge in [0.2, 0.25) is 17.7 Å². The smallest absolute Gasteiger partial charge is 0.245 e. The van der Waals surface area contributed by atoms with Crippen LogP contribution in [0, 0.1) is 5.92 Å². The molecule has 2 fully saturated rings. The Hall–Kier alpha value is -2.77. The summed E-state index contributed by atoms with van der Waals surface area (Å²) in [7, 11) is 3.14. The minimum atomic E-state index is -0.479. The molecule has 0 aliphatic carbocycles. The van der Waals surface area contributed by atoms with E-state index in [-0.39, 0.29) is 42.1 Å². The van der Waals surface area contributed by atoms with Crippen molar-refractivity contribution in [2.75, 3.05) is 27.3 Å². The Balaban J connectivity index is 1.81. The maximum Gasteiger partial charge on any atom is 0.245 e. The second-order valence-corrected chi connectivity index (χ2v) is 8.87. The molecule has 2 aliphatic heterocycles. The molecule has 0 unspecified atom stereocenters. The van der Waals surface area contributed by atoms with Crippen molar-refractivity contribution in [3.63, 3.8) is 0 Å². The third kappa shape index (κ3) is 5.29. The number of ether oxygens (including phenoxy) is 2. The fourth-order valence-corrected chi connectivity index (χ4v) is 4.63. The van der Waals surface area contributed by atoms with Crippen molar-refractivity contribution in [3.8, 4) is 11.5 Å². The van der Waals surface area contributed by atoms with Gasteiger partial charge in [-0.1, -0.05) is 13.8 Å². The summed E-state index contributed by atoms with van der Waals surface area (Å²) in [6, 6.07) is 4.78. The molecule has 1 aromatic rings. The van der Waals surface area contributed by atoms with Crippen LogP contribution in [-0.2, 0) is 20.8 Å². The Kier molecular flexibility index (Phi) is 7.08. The predicted molar refractivity (Wildman–Crippen MR) is 116 cm³/mol. The summed E-state index contributed by atoms with van der Waals surface area (Å²) in [4.78, 5) is 41.7. The van der Waals surface area contributed by atoms with Crippen LogP contribution in [0.1, 0.15) is 39.2 Å². The summed E-state index contributed by atoms with van der Waals surface area (Å²) >= 11 is 0. The SMILES string of the molecule is COc1cc(CC(=O)N2C[C@@H]3C[C@H](NC(C)=O)CN3C(=O)[C@@H]2CC(C)C)cc(OC)c1. The minimum Gasteiger partial charge on any atom is -0.497 e. The van der Waals surface area contributed by atoms with Crippen molar-refractivity contribution in [2.24, 2.45) is 5.92 Å². The Morgan fingerprint density at radius 2 is 1.77 bits per heavy atom. The van der Waals surface area contributed by atoms with Crippen LogP contribution in [-0.4, -0.2) is 73.0 Å². The molecule has 0 spiro atoms.